The first-order chi connectivity index (χ1) is 6.02. The van der Waals surface area contributed by atoms with Gasteiger partial charge in [-0.25, -0.2) is 0 Å². The van der Waals surface area contributed by atoms with Crippen molar-refractivity contribution in [1.82, 2.24) is 0 Å². The van der Waals surface area contributed by atoms with Gasteiger partial charge in [-0.2, -0.15) is 0 Å². The topological polar surface area (TPSA) is 107 Å². The van der Waals surface area contributed by atoms with E-state index in [9.17, 15) is 9.90 Å². The molecule has 0 saturated heterocycles. The minimum atomic E-state index is -1.49. The molecule has 0 rings (SSSR count). The molecule has 0 spiro atoms. The molecule has 0 aromatic carbocycles. The van der Waals surface area contributed by atoms with Gasteiger partial charge in [-0.05, 0) is 0 Å². The van der Waals surface area contributed by atoms with Crippen LogP contribution in [0.5, 0.6) is 0 Å². The molecule has 0 aliphatic rings. The molecule has 0 aliphatic carbocycles. The number of hydrogen-bond acceptors (Lipinski definition) is 6. The third kappa shape index (κ3) is 4.18. The van der Waals surface area contributed by atoms with E-state index in [2.05, 4.69) is 4.74 Å². The molecule has 0 fully saturated rings. The second kappa shape index (κ2) is 5.87. The largest absolute Gasteiger partial charge is 0.457 e. The molecule has 3 atom stereocenters. The Hall–Kier alpha value is -0.690. The first kappa shape index (κ1) is 12.3. The molecule has 0 amide bonds. The van der Waals surface area contributed by atoms with E-state index in [-0.39, 0.29) is 0 Å². The Morgan fingerprint density at radius 1 is 1.31 bits per heavy atom. The number of hydrogen-bond donors (Lipinski definition) is 4. The number of esters is 1. The molecule has 6 heteroatoms. The Morgan fingerprint density at radius 3 is 2.15 bits per heavy atom. The van der Waals surface area contributed by atoms with E-state index in [0.717, 1.165) is 6.92 Å². The lowest BCUT2D eigenvalue weighted by molar-refractivity contribution is -0.162. The molecule has 0 bridgehead atoms. The lowest BCUT2D eigenvalue weighted by atomic mass is 10.1. The highest BCUT2D eigenvalue weighted by Gasteiger charge is 2.27. The Labute approximate surface area is 75.4 Å². The number of aliphatic hydroxyl groups excluding tert-OH is 4. The van der Waals surface area contributed by atoms with Gasteiger partial charge in [0.05, 0.1) is 13.2 Å². The van der Waals surface area contributed by atoms with Crippen LogP contribution in [0.1, 0.15) is 6.92 Å². The highest BCUT2D eigenvalue weighted by molar-refractivity contribution is 5.66. The van der Waals surface area contributed by atoms with Crippen molar-refractivity contribution in [3.63, 3.8) is 0 Å². The van der Waals surface area contributed by atoms with Crippen LogP contribution in [-0.4, -0.2) is 57.9 Å². The molecule has 0 heterocycles. The third-order valence-corrected chi connectivity index (χ3v) is 1.46. The van der Waals surface area contributed by atoms with Crippen molar-refractivity contribution in [2.75, 3.05) is 13.2 Å². The molecule has 4 N–H and O–H groups in total. The first-order valence-electron chi connectivity index (χ1n) is 3.78. The standard InChI is InChI=1S/C7H14O6/c1-4(10)13-6(3-9)7(12)5(11)2-8/h5-9,11-12H,2-3H2,1H3. The summed E-state index contributed by atoms with van der Waals surface area (Å²) in [6.07, 6.45) is -4.13. The molecule has 0 saturated carbocycles. The molecular formula is C7H14O6. The van der Waals surface area contributed by atoms with E-state index in [1.54, 1.807) is 0 Å². The molecule has 78 valence electrons. The molecule has 3 unspecified atom stereocenters. The van der Waals surface area contributed by atoms with E-state index >= 15 is 0 Å². The maximum atomic E-state index is 10.4. The third-order valence-electron chi connectivity index (χ3n) is 1.46. The molecule has 13 heavy (non-hydrogen) atoms. The number of carbonyl (C=O) groups excluding carboxylic acids is 1. The number of ether oxygens (including phenoxy) is 1. The highest BCUT2D eigenvalue weighted by atomic mass is 16.6. The van der Waals surface area contributed by atoms with Crippen LogP contribution in [0.4, 0.5) is 0 Å². The second-order valence-corrected chi connectivity index (χ2v) is 2.57. The number of aliphatic hydroxyl groups is 4. The zero-order chi connectivity index (χ0) is 10.4. The monoisotopic (exact) mass is 194 g/mol. The average molecular weight is 194 g/mol. The maximum absolute atomic E-state index is 10.4. The number of carbonyl (C=O) groups is 1. The Bertz CT molecular complexity index is 159. The van der Waals surface area contributed by atoms with Crippen molar-refractivity contribution in [1.29, 1.82) is 0 Å². The Balaban J connectivity index is 4.13. The molecule has 0 aliphatic heterocycles. The van der Waals surface area contributed by atoms with Gasteiger partial charge in [0.1, 0.15) is 12.2 Å². The van der Waals surface area contributed by atoms with Gasteiger partial charge < -0.3 is 25.2 Å². The quantitative estimate of drug-likeness (QED) is 0.364. The predicted octanol–water partition coefficient (Wildman–Crippen LogP) is -2.38. The van der Waals surface area contributed by atoms with Crippen LogP contribution in [-0.2, 0) is 9.53 Å². The van der Waals surface area contributed by atoms with E-state index in [1.807, 2.05) is 0 Å². The summed E-state index contributed by atoms with van der Waals surface area (Å²) in [5, 5.41) is 35.2. The zero-order valence-electron chi connectivity index (χ0n) is 7.25. The van der Waals surface area contributed by atoms with Gasteiger partial charge in [0.15, 0.2) is 6.10 Å². The summed E-state index contributed by atoms with van der Waals surface area (Å²) in [4.78, 5) is 10.4. The minimum Gasteiger partial charge on any atom is -0.457 e. The maximum Gasteiger partial charge on any atom is 0.303 e. The van der Waals surface area contributed by atoms with E-state index in [1.165, 1.54) is 0 Å². The fourth-order valence-electron chi connectivity index (χ4n) is 0.784. The summed E-state index contributed by atoms with van der Waals surface area (Å²) in [6, 6.07) is 0. The zero-order valence-corrected chi connectivity index (χ0v) is 7.25. The molecule has 0 aromatic rings. The summed E-state index contributed by atoms with van der Waals surface area (Å²) < 4.78 is 4.47. The Morgan fingerprint density at radius 2 is 1.85 bits per heavy atom. The molecule has 0 aromatic heterocycles. The number of rotatable bonds is 5. The van der Waals surface area contributed by atoms with E-state index in [0.29, 0.717) is 0 Å². The van der Waals surface area contributed by atoms with Crippen molar-refractivity contribution in [3.05, 3.63) is 0 Å². The summed E-state index contributed by atoms with van der Waals surface area (Å²) in [6.45, 7) is -0.169. The summed E-state index contributed by atoms with van der Waals surface area (Å²) >= 11 is 0. The van der Waals surface area contributed by atoms with Gasteiger partial charge in [0, 0.05) is 6.92 Å². The van der Waals surface area contributed by atoms with Crippen LogP contribution in [0.2, 0.25) is 0 Å². The fraction of sp³-hybridized carbons (Fsp3) is 0.857. The minimum absolute atomic E-state index is 0.613. The van der Waals surface area contributed by atoms with Gasteiger partial charge >= 0.3 is 5.97 Å². The van der Waals surface area contributed by atoms with Gasteiger partial charge in [0.2, 0.25) is 0 Å². The van der Waals surface area contributed by atoms with Crippen molar-refractivity contribution < 1.29 is 30.0 Å². The fourth-order valence-corrected chi connectivity index (χ4v) is 0.784. The lowest BCUT2D eigenvalue weighted by Crippen LogP contribution is -2.43. The highest BCUT2D eigenvalue weighted by Crippen LogP contribution is 2.04. The molecular weight excluding hydrogens is 180 g/mol. The van der Waals surface area contributed by atoms with Crippen LogP contribution in [0.15, 0.2) is 0 Å². The summed E-state index contributed by atoms with van der Waals surface area (Å²) in [5.41, 5.74) is 0. The Kier molecular flexibility index (Phi) is 5.56. The van der Waals surface area contributed by atoms with Crippen molar-refractivity contribution in [3.8, 4) is 0 Å². The normalized spacial score (nSPS) is 17.6. The van der Waals surface area contributed by atoms with Crippen LogP contribution < -0.4 is 0 Å². The van der Waals surface area contributed by atoms with Gasteiger partial charge in [-0.3, -0.25) is 4.79 Å². The van der Waals surface area contributed by atoms with Gasteiger partial charge in [-0.1, -0.05) is 0 Å². The molecule has 0 radical (unpaired) electrons. The molecule has 6 nitrogen and oxygen atoms in total. The summed E-state index contributed by atoms with van der Waals surface area (Å²) in [7, 11) is 0. The SMILES string of the molecule is CC(=O)OC(CO)C(O)C(O)CO. The van der Waals surface area contributed by atoms with Crippen LogP contribution in [0.25, 0.3) is 0 Å². The summed E-state index contributed by atoms with van der Waals surface area (Å²) in [5.74, 6) is -0.678. The van der Waals surface area contributed by atoms with Crippen molar-refractivity contribution >= 4 is 5.97 Å². The predicted molar refractivity (Wildman–Crippen MR) is 41.7 cm³/mol. The van der Waals surface area contributed by atoms with Crippen LogP contribution in [0, 0.1) is 0 Å². The van der Waals surface area contributed by atoms with Crippen molar-refractivity contribution in [2.24, 2.45) is 0 Å². The second-order valence-electron chi connectivity index (χ2n) is 2.57. The van der Waals surface area contributed by atoms with E-state index < -0.39 is 37.5 Å². The first-order valence-corrected chi connectivity index (χ1v) is 3.78. The smallest absolute Gasteiger partial charge is 0.303 e. The van der Waals surface area contributed by atoms with Crippen molar-refractivity contribution in [2.45, 2.75) is 25.2 Å². The lowest BCUT2D eigenvalue weighted by Gasteiger charge is -2.23. The average Bonchev–Trinajstić information content (AvgIpc) is 2.11. The van der Waals surface area contributed by atoms with Crippen LogP contribution in [0.3, 0.4) is 0 Å². The van der Waals surface area contributed by atoms with Gasteiger partial charge in [0.25, 0.3) is 0 Å². The van der Waals surface area contributed by atoms with Gasteiger partial charge in [-0.15, -0.1) is 0 Å². The van der Waals surface area contributed by atoms with Crippen LogP contribution >= 0.6 is 0 Å². The van der Waals surface area contributed by atoms with E-state index in [4.69, 9.17) is 15.3 Å².